The highest BCUT2D eigenvalue weighted by molar-refractivity contribution is 5.97. The molecule has 28 heavy (non-hydrogen) atoms. The van der Waals surface area contributed by atoms with E-state index < -0.39 is 5.60 Å². The number of rotatable bonds is 3. The molecule has 1 spiro atoms. The monoisotopic (exact) mass is 382 g/mol. The maximum Gasteiger partial charge on any atom is 0.255 e. The zero-order valence-corrected chi connectivity index (χ0v) is 16.3. The number of aromatic nitrogens is 2. The molecular weight excluding hydrogens is 356 g/mol. The maximum absolute atomic E-state index is 12.7. The molecule has 1 aromatic carbocycles. The average molecular weight is 382 g/mol. The number of hydrogen-bond acceptors (Lipinski definition) is 4. The number of nitrogens with zero attached hydrogens (tertiary/aromatic N) is 1. The second-order valence-corrected chi connectivity index (χ2v) is 7.87. The van der Waals surface area contributed by atoms with Crippen molar-refractivity contribution in [3.8, 4) is 5.75 Å². The summed E-state index contributed by atoms with van der Waals surface area (Å²) in [5, 5.41) is 13.2. The number of ether oxygens (including phenoxy) is 1. The first kappa shape index (κ1) is 18.5. The van der Waals surface area contributed by atoms with Crippen LogP contribution in [0.2, 0.25) is 0 Å². The third-order valence-corrected chi connectivity index (χ3v) is 6.02. The van der Waals surface area contributed by atoms with Crippen molar-refractivity contribution in [1.82, 2.24) is 20.8 Å². The molecule has 0 radical (unpaired) electrons. The molecule has 1 aromatic heterocycles. The second-order valence-electron chi connectivity index (χ2n) is 7.87. The Morgan fingerprint density at radius 3 is 2.75 bits per heavy atom. The first-order valence-electron chi connectivity index (χ1n) is 9.82. The molecule has 7 nitrogen and oxygen atoms in total. The van der Waals surface area contributed by atoms with Crippen molar-refractivity contribution in [3.05, 3.63) is 46.8 Å². The SMILES string of the molecule is Cc1n[nH]c(C)c1CNC(=O)C1CCC2(CC1)CNC(=O)c1ccccc1O2. The first-order valence-corrected chi connectivity index (χ1v) is 9.82. The number of benzene rings is 1. The van der Waals surface area contributed by atoms with Crippen LogP contribution in [0.4, 0.5) is 0 Å². The van der Waals surface area contributed by atoms with Crippen LogP contribution in [0.5, 0.6) is 5.75 Å². The van der Waals surface area contributed by atoms with Crippen LogP contribution >= 0.6 is 0 Å². The van der Waals surface area contributed by atoms with Gasteiger partial charge in [0.25, 0.3) is 5.91 Å². The number of aromatic amines is 1. The van der Waals surface area contributed by atoms with Gasteiger partial charge in [-0.3, -0.25) is 14.7 Å². The third-order valence-electron chi connectivity index (χ3n) is 6.02. The van der Waals surface area contributed by atoms with Crippen LogP contribution in [0.3, 0.4) is 0 Å². The van der Waals surface area contributed by atoms with Gasteiger partial charge in [0.05, 0.1) is 17.8 Å². The minimum atomic E-state index is -0.434. The highest BCUT2D eigenvalue weighted by atomic mass is 16.5. The minimum absolute atomic E-state index is 0.0315. The van der Waals surface area contributed by atoms with Crippen molar-refractivity contribution in [2.24, 2.45) is 5.92 Å². The largest absolute Gasteiger partial charge is 0.485 e. The molecule has 0 bridgehead atoms. The smallest absolute Gasteiger partial charge is 0.255 e. The lowest BCUT2D eigenvalue weighted by molar-refractivity contribution is -0.127. The molecule has 0 saturated heterocycles. The quantitative estimate of drug-likeness (QED) is 0.759. The molecule has 7 heteroatoms. The van der Waals surface area contributed by atoms with E-state index in [0.717, 1.165) is 42.6 Å². The van der Waals surface area contributed by atoms with Gasteiger partial charge in [-0.1, -0.05) is 12.1 Å². The predicted molar refractivity (Wildman–Crippen MR) is 104 cm³/mol. The van der Waals surface area contributed by atoms with Crippen LogP contribution in [0.1, 0.15) is 53.0 Å². The number of nitrogens with one attached hydrogen (secondary N) is 3. The van der Waals surface area contributed by atoms with Gasteiger partial charge in [-0.2, -0.15) is 5.10 Å². The van der Waals surface area contributed by atoms with E-state index in [-0.39, 0.29) is 17.7 Å². The molecule has 1 saturated carbocycles. The summed E-state index contributed by atoms with van der Waals surface area (Å²) in [6.45, 7) is 4.86. The zero-order valence-electron chi connectivity index (χ0n) is 16.3. The lowest BCUT2D eigenvalue weighted by atomic mass is 9.78. The van der Waals surface area contributed by atoms with Crippen molar-refractivity contribution in [2.75, 3.05) is 6.54 Å². The van der Waals surface area contributed by atoms with Gasteiger partial charge in [-0.25, -0.2) is 0 Å². The van der Waals surface area contributed by atoms with Gasteiger partial charge in [0, 0.05) is 23.7 Å². The molecule has 2 amide bonds. The lowest BCUT2D eigenvalue weighted by Crippen LogP contribution is -2.49. The van der Waals surface area contributed by atoms with Crippen LogP contribution in [0.15, 0.2) is 24.3 Å². The highest BCUT2D eigenvalue weighted by Crippen LogP contribution is 2.38. The second kappa shape index (κ2) is 7.30. The summed E-state index contributed by atoms with van der Waals surface area (Å²) >= 11 is 0. The predicted octanol–water partition coefficient (Wildman–Crippen LogP) is 2.39. The van der Waals surface area contributed by atoms with Crippen molar-refractivity contribution < 1.29 is 14.3 Å². The van der Waals surface area contributed by atoms with Crippen molar-refractivity contribution in [1.29, 1.82) is 0 Å². The van der Waals surface area contributed by atoms with E-state index >= 15 is 0 Å². The van der Waals surface area contributed by atoms with Gasteiger partial charge in [0.2, 0.25) is 5.91 Å². The van der Waals surface area contributed by atoms with Crippen molar-refractivity contribution in [2.45, 2.75) is 51.7 Å². The summed E-state index contributed by atoms with van der Waals surface area (Å²) in [6, 6.07) is 7.34. The van der Waals surface area contributed by atoms with Gasteiger partial charge < -0.3 is 15.4 Å². The summed E-state index contributed by atoms with van der Waals surface area (Å²) in [5.74, 6) is 0.577. The van der Waals surface area contributed by atoms with Gasteiger partial charge in [-0.15, -0.1) is 0 Å². The first-order chi connectivity index (χ1) is 13.5. The van der Waals surface area contributed by atoms with Crippen molar-refractivity contribution in [3.63, 3.8) is 0 Å². The van der Waals surface area contributed by atoms with Crippen LogP contribution in [0.25, 0.3) is 0 Å². The Balaban J connectivity index is 1.38. The Morgan fingerprint density at radius 1 is 1.29 bits per heavy atom. The highest BCUT2D eigenvalue weighted by Gasteiger charge is 2.41. The van der Waals surface area contributed by atoms with Gasteiger partial charge >= 0.3 is 0 Å². The standard InChI is InChI=1S/C21H26N4O3/c1-13-17(14(2)25-24-13)11-22-19(26)15-7-9-21(10-8-15)12-23-20(27)16-5-3-4-6-18(16)28-21/h3-6,15H,7-12H2,1-2H3,(H,22,26)(H,23,27)(H,24,25). The lowest BCUT2D eigenvalue weighted by Gasteiger charge is -2.39. The van der Waals surface area contributed by atoms with Crippen LogP contribution in [-0.4, -0.2) is 34.2 Å². The Hall–Kier alpha value is -2.83. The Bertz CT molecular complexity index is 877. The molecule has 148 valence electrons. The minimum Gasteiger partial charge on any atom is -0.485 e. The number of carbonyl (C=O) groups is 2. The summed E-state index contributed by atoms with van der Waals surface area (Å²) < 4.78 is 6.31. The fourth-order valence-corrected chi connectivity index (χ4v) is 4.19. The van der Waals surface area contributed by atoms with E-state index in [1.807, 2.05) is 32.0 Å². The molecule has 1 aliphatic carbocycles. The fourth-order valence-electron chi connectivity index (χ4n) is 4.19. The molecule has 4 rings (SSSR count). The summed E-state index contributed by atoms with van der Waals surface area (Å²) in [7, 11) is 0. The van der Waals surface area contributed by atoms with E-state index in [2.05, 4.69) is 20.8 Å². The molecule has 0 atom stereocenters. The number of hydrogen-bond donors (Lipinski definition) is 3. The Labute approximate surface area is 164 Å². The van der Waals surface area contributed by atoms with Crippen LogP contribution in [0, 0.1) is 19.8 Å². The maximum atomic E-state index is 12.7. The van der Waals surface area contributed by atoms with Gasteiger partial charge in [0.1, 0.15) is 11.4 Å². The number of carbonyl (C=O) groups excluding carboxylic acids is 2. The number of amides is 2. The molecule has 3 N–H and O–H groups in total. The van der Waals surface area contributed by atoms with E-state index in [0.29, 0.717) is 24.4 Å². The molecule has 0 unspecified atom stereocenters. The fraction of sp³-hybridized carbons (Fsp3) is 0.476. The molecule has 1 aliphatic heterocycles. The third kappa shape index (κ3) is 3.48. The van der Waals surface area contributed by atoms with E-state index in [1.54, 1.807) is 6.07 Å². The number of aryl methyl sites for hydroxylation is 2. The van der Waals surface area contributed by atoms with Crippen molar-refractivity contribution >= 4 is 11.8 Å². The summed E-state index contributed by atoms with van der Waals surface area (Å²) in [4.78, 5) is 24.9. The van der Waals surface area contributed by atoms with E-state index in [1.165, 1.54) is 0 Å². The normalized spacial score (nSPS) is 24.1. The number of para-hydroxylation sites is 1. The summed E-state index contributed by atoms with van der Waals surface area (Å²) in [5.41, 5.74) is 3.09. The van der Waals surface area contributed by atoms with E-state index in [9.17, 15) is 9.59 Å². The molecule has 2 aliphatic rings. The van der Waals surface area contributed by atoms with E-state index in [4.69, 9.17) is 4.74 Å². The molecule has 2 aromatic rings. The van der Waals surface area contributed by atoms with Gasteiger partial charge in [-0.05, 0) is 51.7 Å². The van der Waals surface area contributed by atoms with Crippen LogP contribution < -0.4 is 15.4 Å². The van der Waals surface area contributed by atoms with Crippen LogP contribution in [-0.2, 0) is 11.3 Å². The Kier molecular flexibility index (Phi) is 4.83. The Morgan fingerprint density at radius 2 is 2.04 bits per heavy atom. The average Bonchev–Trinajstić information content (AvgIpc) is 2.95. The summed E-state index contributed by atoms with van der Waals surface area (Å²) in [6.07, 6.45) is 2.97. The topological polar surface area (TPSA) is 96.1 Å². The number of H-pyrrole nitrogens is 1. The van der Waals surface area contributed by atoms with Gasteiger partial charge in [0.15, 0.2) is 0 Å². The molecule has 2 heterocycles. The molecular formula is C21H26N4O3. The zero-order chi connectivity index (χ0) is 19.7. The number of fused-ring (bicyclic) bond motifs is 1. The molecule has 1 fully saturated rings.